The van der Waals surface area contributed by atoms with Gasteiger partial charge in [0.25, 0.3) is 0 Å². The molecule has 0 saturated carbocycles. The van der Waals surface area contributed by atoms with Crippen LogP contribution in [0.25, 0.3) is 0 Å². The highest BCUT2D eigenvalue weighted by Gasteiger charge is 2.26. The molecule has 0 radical (unpaired) electrons. The first-order valence-corrected chi connectivity index (χ1v) is 5.25. The molecular formula is C10H11Cl2NO. The summed E-state index contributed by atoms with van der Waals surface area (Å²) in [5, 5.41) is 1.14. The largest absolute Gasteiger partial charge is 0.372 e. The number of hydrogen-bond acceptors (Lipinski definition) is 2. The van der Waals surface area contributed by atoms with Crippen molar-refractivity contribution < 1.29 is 4.74 Å². The van der Waals surface area contributed by atoms with Crippen LogP contribution in [0.3, 0.4) is 0 Å². The molecule has 14 heavy (non-hydrogen) atoms. The van der Waals surface area contributed by atoms with Crippen LogP contribution in [0.15, 0.2) is 18.2 Å². The lowest BCUT2D eigenvalue weighted by molar-refractivity contribution is 0.110. The van der Waals surface area contributed by atoms with Crippen molar-refractivity contribution in [3.05, 3.63) is 33.8 Å². The zero-order chi connectivity index (χ0) is 10.1. The summed E-state index contributed by atoms with van der Waals surface area (Å²) in [4.78, 5) is 0. The van der Waals surface area contributed by atoms with Crippen LogP contribution in [0.4, 0.5) is 0 Å². The Kier molecular flexibility index (Phi) is 2.98. The molecule has 0 amide bonds. The maximum atomic E-state index is 6.07. The Bertz CT molecular complexity index is 343. The summed E-state index contributed by atoms with van der Waals surface area (Å²) in [6.07, 6.45) is 0.802. The van der Waals surface area contributed by atoms with E-state index in [1.165, 1.54) is 0 Å². The van der Waals surface area contributed by atoms with Gasteiger partial charge in [0.15, 0.2) is 0 Å². The Hall–Kier alpha value is -0.280. The number of nitrogens with two attached hydrogens (primary N) is 1. The summed E-state index contributed by atoms with van der Waals surface area (Å²) in [5.74, 6) is 0. The number of rotatable bonds is 1. The summed E-state index contributed by atoms with van der Waals surface area (Å²) in [6, 6.07) is 5.67. The molecule has 76 valence electrons. The summed E-state index contributed by atoms with van der Waals surface area (Å²) >= 11 is 12.0. The van der Waals surface area contributed by atoms with E-state index in [4.69, 9.17) is 33.7 Å². The van der Waals surface area contributed by atoms with E-state index in [0.717, 1.165) is 12.0 Å². The smallest absolute Gasteiger partial charge is 0.0856 e. The highest BCUT2D eigenvalue weighted by atomic mass is 35.5. The van der Waals surface area contributed by atoms with Crippen LogP contribution in [0.2, 0.25) is 10.0 Å². The van der Waals surface area contributed by atoms with Crippen LogP contribution in [-0.2, 0) is 4.74 Å². The van der Waals surface area contributed by atoms with Crippen LogP contribution < -0.4 is 5.73 Å². The second-order valence-electron chi connectivity index (χ2n) is 3.46. The third-order valence-corrected chi connectivity index (χ3v) is 3.19. The van der Waals surface area contributed by atoms with Crippen molar-refractivity contribution in [2.45, 2.75) is 18.6 Å². The van der Waals surface area contributed by atoms with Gasteiger partial charge in [-0.2, -0.15) is 0 Å². The van der Waals surface area contributed by atoms with Gasteiger partial charge in [-0.1, -0.05) is 35.3 Å². The van der Waals surface area contributed by atoms with Crippen LogP contribution in [0, 0.1) is 0 Å². The van der Waals surface area contributed by atoms with Gasteiger partial charge in [-0.3, -0.25) is 0 Å². The minimum Gasteiger partial charge on any atom is -0.372 e. The van der Waals surface area contributed by atoms with Crippen LogP contribution in [0.5, 0.6) is 0 Å². The van der Waals surface area contributed by atoms with E-state index in [9.17, 15) is 0 Å². The second-order valence-corrected chi connectivity index (χ2v) is 4.25. The Morgan fingerprint density at radius 2 is 2.14 bits per heavy atom. The number of hydrogen-bond donors (Lipinski definition) is 1. The van der Waals surface area contributed by atoms with E-state index < -0.39 is 0 Å². The molecule has 0 bridgehead atoms. The van der Waals surface area contributed by atoms with Crippen LogP contribution in [-0.4, -0.2) is 12.6 Å². The van der Waals surface area contributed by atoms with Crippen LogP contribution in [0.1, 0.15) is 18.1 Å². The Morgan fingerprint density at radius 1 is 1.36 bits per heavy atom. The molecule has 2 atom stereocenters. The van der Waals surface area contributed by atoms with Crippen molar-refractivity contribution in [1.29, 1.82) is 0 Å². The molecular weight excluding hydrogens is 221 g/mol. The van der Waals surface area contributed by atoms with Crippen molar-refractivity contribution in [3.63, 3.8) is 0 Å². The number of benzene rings is 1. The summed E-state index contributed by atoms with van der Waals surface area (Å²) < 4.78 is 5.52. The first kappa shape index (κ1) is 10.2. The molecule has 0 aromatic heterocycles. The van der Waals surface area contributed by atoms with Gasteiger partial charge in [0.05, 0.1) is 22.8 Å². The molecule has 1 heterocycles. The SMILES string of the molecule is NC1COC(c2cccc(Cl)c2Cl)C1. The molecule has 2 nitrogen and oxygen atoms in total. The first-order chi connectivity index (χ1) is 6.68. The molecule has 1 saturated heterocycles. The highest BCUT2D eigenvalue weighted by Crippen LogP contribution is 2.36. The molecule has 0 spiro atoms. The van der Waals surface area contributed by atoms with Crippen molar-refractivity contribution in [3.8, 4) is 0 Å². The van der Waals surface area contributed by atoms with E-state index in [2.05, 4.69) is 0 Å². The Morgan fingerprint density at radius 3 is 2.79 bits per heavy atom. The van der Waals surface area contributed by atoms with Gasteiger partial charge in [-0.15, -0.1) is 0 Å². The van der Waals surface area contributed by atoms with E-state index >= 15 is 0 Å². The van der Waals surface area contributed by atoms with Gasteiger partial charge in [0.1, 0.15) is 0 Å². The fourth-order valence-corrected chi connectivity index (χ4v) is 2.07. The fourth-order valence-electron chi connectivity index (χ4n) is 1.64. The number of halogens is 2. The number of ether oxygens (including phenoxy) is 1. The quantitative estimate of drug-likeness (QED) is 0.807. The lowest BCUT2D eigenvalue weighted by Gasteiger charge is -2.12. The van der Waals surface area contributed by atoms with Gasteiger partial charge in [-0.05, 0) is 12.5 Å². The average molecular weight is 232 g/mol. The van der Waals surface area contributed by atoms with Gasteiger partial charge in [0, 0.05) is 11.6 Å². The molecule has 1 aliphatic rings. The molecule has 1 aromatic rings. The molecule has 2 unspecified atom stereocenters. The predicted molar refractivity (Wildman–Crippen MR) is 57.7 cm³/mol. The van der Waals surface area contributed by atoms with E-state index in [1.54, 1.807) is 6.07 Å². The van der Waals surface area contributed by atoms with Crippen molar-refractivity contribution in [2.75, 3.05) is 6.61 Å². The molecule has 0 aliphatic carbocycles. The summed E-state index contributed by atoms with van der Waals surface area (Å²) in [5.41, 5.74) is 6.69. The van der Waals surface area contributed by atoms with E-state index in [1.807, 2.05) is 12.1 Å². The molecule has 1 fully saturated rings. The molecule has 4 heteroatoms. The molecule has 1 aliphatic heterocycles. The zero-order valence-electron chi connectivity index (χ0n) is 7.54. The average Bonchev–Trinajstić information content (AvgIpc) is 2.57. The second kappa shape index (κ2) is 4.07. The highest BCUT2D eigenvalue weighted by molar-refractivity contribution is 6.42. The van der Waals surface area contributed by atoms with E-state index in [0.29, 0.717) is 16.7 Å². The zero-order valence-corrected chi connectivity index (χ0v) is 9.05. The van der Waals surface area contributed by atoms with Gasteiger partial charge < -0.3 is 10.5 Å². The maximum Gasteiger partial charge on any atom is 0.0856 e. The summed E-state index contributed by atoms with van der Waals surface area (Å²) in [6.45, 7) is 0.591. The fraction of sp³-hybridized carbons (Fsp3) is 0.400. The van der Waals surface area contributed by atoms with Gasteiger partial charge in [-0.25, -0.2) is 0 Å². The molecule has 1 aromatic carbocycles. The third-order valence-electron chi connectivity index (χ3n) is 2.36. The molecule has 2 rings (SSSR count). The van der Waals surface area contributed by atoms with Crippen molar-refractivity contribution in [2.24, 2.45) is 5.73 Å². The maximum absolute atomic E-state index is 6.07. The van der Waals surface area contributed by atoms with Crippen molar-refractivity contribution in [1.82, 2.24) is 0 Å². The lowest BCUT2D eigenvalue weighted by Crippen LogP contribution is -2.18. The van der Waals surface area contributed by atoms with Gasteiger partial charge in [0.2, 0.25) is 0 Å². The normalized spacial score (nSPS) is 26.8. The topological polar surface area (TPSA) is 35.2 Å². The minimum absolute atomic E-state index is 0.00352. The van der Waals surface area contributed by atoms with Crippen LogP contribution >= 0.6 is 23.2 Å². The predicted octanol–water partition coefficient (Wildman–Crippen LogP) is 2.78. The molecule has 2 N–H and O–H groups in total. The Labute approximate surface area is 92.9 Å². The standard InChI is InChI=1S/C10H11Cl2NO/c11-8-3-1-2-7(10(8)12)9-4-6(13)5-14-9/h1-3,6,9H,4-5,13H2. The Balaban J connectivity index is 2.28. The first-order valence-electron chi connectivity index (χ1n) is 4.49. The van der Waals surface area contributed by atoms with Gasteiger partial charge >= 0.3 is 0 Å². The van der Waals surface area contributed by atoms with Crippen molar-refractivity contribution >= 4 is 23.2 Å². The lowest BCUT2D eigenvalue weighted by atomic mass is 10.1. The van der Waals surface area contributed by atoms with E-state index in [-0.39, 0.29) is 12.1 Å². The third kappa shape index (κ3) is 1.89. The monoisotopic (exact) mass is 231 g/mol. The minimum atomic E-state index is -0.00352. The summed E-state index contributed by atoms with van der Waals surface area (Å²) in [7, 11) is 0.